The van der Waals surface area contributed by atoms with Gasteiger partial charge in [0.15, 0.2) is 0 Å². The van der Waals surface area contributed by atoms with Crippen molar-refractivity contribution < 1.29 is 14.3 Å². The Morgan fingerprint density at radius 2 is 1.92 bits per heavy atom. The number of carbonyl (C=O) groups excluding carboxylic acids is 2. The van der Waals surface area contributed by atoms with Crippen LogP contribution in [0.4, 0.5) is 22.0 Å². The monoisotopic (exact) mass is 584 g/mol. The van der Waals surface area contributed by atoms with E-state index in [4.69, 9.17) is 22.9 Å². The Morgan fingerprint density at radius 3 is 2.59 bits per heavy atom. The summed E-state index contributed by atoms with van der Waals surface area (Å²) in [4.78, 5) is 32.3. The van der Waals surface area contributed by atoms with Gasteiger partial charge >= 0.3 is 6.03 Å². The lowest BCUT2D eigenvalue weighted by Crippen LogP contribution is -2.44. The molecular weight excluding hydrogens is 560 g/mol. The number of pyridine rings is 1. The molecule has 0 saturated carbocycles. The van der Waals surface area contributed by atoms with Crippen molar-refractivity contribution in [1.82, 2.24) is 15.6 Å². The summed E-state index contributed by atoms with van der Waals surface area (Å²) < 4.78 is 6.82. The topological polar surface area (TPSA) is 109 Å². The molecule has 0 aliphatic rings. The fraction of sp³-hybridized carbons (Fsp3) is 0.231. The molecular formula is C26H26BrClN6O3. The Kier molecular flexibility index (Phi) is 10.7. The number of benzene rings is 2. The predicted octanol–water partition coefficient (Wildman–Crippen LogP) is 5.41. The molecule has 3 rings (SSSR count). The highest BCUT2D eigenvalue weighted by Gasteiger charge is 2.16. The predicted molar refractivity (Wildman–Crippen MR) is 148 cm³/mol. The number of ether oxygens (including phenoxy) is 1. The maximum Gasteiger partial charge on any atom is 0.324 e. The summed E-state index contributed by atoms with van der Waals surface area (Å²) in [6, 6.07) is 15.0. The normalized spacial score (nSPS) is 11.2. The molecule has 192 valence electrons. The second-order valence-corrected chi connectivity index (χ2v) is 9.25. The van der Waals surface area contributed by atoms with Crippen LogP contribution in [-0.2, 0) is 11.2 Å². The van der Waals surface area contributed by atoms with E-state index >= 15 is 0 Å². The Bertz CT molecular complexity index is 1250. The van der Waals surface area contributed by atoms with Crippen LogP contribution in [0.5, 0.6) is 5.75 Å². The lowest BCUT2D eigenvalue weighted by atomic mass is 10.1. The van der Waals surface area contributed by atoms with Crippen LogP contribution in [0.25, 0.3) is 4.85 Å². The number of aromatic nitrogens is 1. The van der Waals surface area contributed by atoms with Gasteiger partial charge in [-0.1, -0.05) is 45.7 Å². The average molecular weight is 586 g/mol. The minimum absolute atomic E-state index is 0.0889. The molecule has 0 bridgehead atoms. The molecule has 1 atom stereocenters. The molecule has 11 heteroatoms. The number of nitrogens with one attached hydrogen (secondary N) is 4. The number of hydrogen-bond acceptors (Lipinski definition) is 5. The molecule has 2 aromatic carbocycles. The molecule has 0 fully saturated rings. The molecule has 1 unspecified atom stereocenters. The zero-order valence-electron chi connectivity index (χ0n) is 20.1. The van der Waals surface area contributed by atoms with Crippen LogP contribution in [0.1, 0.15) is 12.0 Å². The van der Waals surface area contributed by atoms with Crippen LogP contribution in [0.3, 0.4) is 0 Å². The first-order valence-electron chi connectivity index (χ1n) is 11.4. The van der Waals surface area contributed by atoms with Crippen LogP contribution >= 0.6 is 27.5 Å². The van der Waals surface area contributed by atoms with Gasteiger partial charge in [0, 0.05) is 22.2 Å². The van der Waals surface area contributed by atoms with Gasteiger partial charge in [-0.05, 0) is 61.9 Å². The van der Waals surface area contributed by atoms with E-state index in [-0.39, 0.29) is 11.9 Å². The first-order valence-corrected chi connectivity index (χ1v) is 12.6. The molecule has 0 radical (unpaired) electrons. The number of amides is 3. The highest BCUT2D eigenvalue weighted by atomic mass is 79.9. The minimum atomic E-state index is -0.536. The van der Waals surface area contributed by atoms with E-state index in [1.54, 1.807) is 31.3 Å². The summed E-state index contributed by atoms with van der Waals surface area (Å²) in [5, 5.41) is 11.7. The molecule has 3 aromatic rings. The molecule has 0 saturated heterocycles. The van der Waals surface area contributed by atoms with Gasteiger partial charge in [-0.15, -0.1) is 0 Å². The third kappa shape index (κ3) is 9.06. The number of nitrogens with zero attached hydrogens (tertiary/aromatic N) is 2. The second kappa shape index (κ2) is 14.2. The minimum Gasteiger partial charge on any atom is -0.491 e. The van der Waals surface area contributed by atoms with E-state index < -0.39 is 6.03 Å². The molecule has 4 N–H and O–H groups in total. The largest absolute Gasteiger partial charge is 0.491 e. The summed E-state index contributed by atoms with van der Waals surface area (Å²) >= 11 is 9.51. The lowest BCUT2D eigenvalue weighted by molar-refractivity contribution is -0.123. The Hall–Kier alpha value is -3.65. The fourth-order valence-electron chi connectivity index (χ4n) is 3.29. The highest BCUT2D eigenvalue weighted by Crippen LogP contribution is 2.28. The average Bonchev–Trinajstić information content (AvgIpc) is 2.89. The quantitative estimate of drug-likeness (QED) is 0.178. The fourth-order valence-corrected chi connectivity index (χ4v) is 3.73. The summed E-state index contributed by atoms with van der Waals surface area (Å²) in [6.07, 6.45) is 2.51. The van der Waals surface area contributed by atoms with Gasteiger partial charge in [0.2, 0.25) is 11.6 Å². The Labute approximate surface area is 228 Å². The number of halogens is 2. The zero-order chi connectivity index (χ0) is 26.6. The molecule has 0 aliphatic carbocycles. The number of urea groups is 1. The molecule has 0 aliphatic heterocycles. The summed E-state index contributed by atoms with van der Waals surface area (Å²) in [5.41, 5.74) is 1.82. The van der Waals surface area contributed by atoms with Crippen molar-refractivity contribution in [2.24, 2.45) is 0 Å². The number of likely N-dealkylation sites (N-methyl/N-ethyl adjacent to an activating group) is 1. The standard InChI is InChI=1S/C26H26BrClN6O3/c1-29-20-9-11-24(32-16-20)34-26(36)33-21-15-19(28)8-10-23(21)37-13-3-12-31-25(35)22(30-2)14-17-4-6-18(27)7-5-17/h4-11,15-16,22,30H,3,12-14H2,2H3,(H,31,35)(H2,32,33,34,36). The van der Waals surface area contributed by atoms with Crippen LogP contribution in [0.15, 0.2) is 65.3 Å². The summed E-state index contributed by atoms with van der Waals surface area (Å²) in [7, 11) is 1.76. The summed E-state index contributed by atoms with van der Waals surface area (Å²) in [6.45, 7) is 7.70. The molecule has 9 nitrogen and oxygen atoms in total. The van der Waals surface area contributed by atoms with E-state index in [0.717, 1.165) is 10.0 Å². The van der Waals surface area contributed by atoms with Crippen molar-refractivity contribution in [3.05, 3.63) is 87.3 Å². The number of anilines is 2. The maximum atomic E-state index is 12.6. The smallest absolute Gasteiger partial charge is 0.324 e. The lowest BCUT2D eigenvalue weighted by Gasteiger charge is -2.17. The summed E-state index contributed by atoms with van der Waals surface area (Å²) in [5.74, 6) is 0.643. The SMILES string of the molecule is [C-]#[N+]c1ccc(NC(=O)Nc2cc(Cl)ccc2OCCCNC(=O)C(Cc2ccc(Br)cc2)NC)nc1. The third-order valence-electron chi connectivity index (χ3n) is 5.20. The van der Waals surface area contributed by atoms with Crippen LogP contribution < -0.4 is 26.0 Å². The van der Waals surface area contributed by atoms with Crippen LogP contribution in [0.2, 0.25) is 5.02 Å². The third-order valence-corrected chi connectivity index (χ3v) is 5.97. The zero-order valence-corrected chi connectivity index (χ0v) is 22.4. The molecule has 1 aromatic heterocycles. The van der Waals surface area contributed by atoms with Gasteiger partial charge in [0.25, 0.3) is 0 Å². The molecule has 3 amide bonds. The van der Waals surface area contributed by atoms with Crippen LogP contribution in [-0.4, -0.2) is 43.2 Å². The first kappa shape index (κ1) is 27.9. The van der Waals surface area contributed by atoms with Gasteiger partial charge in [-0.2, -0.15) is 0 Å². The highest BCUT2D eigenvalue weighted by molar-refractivity contribution is 9.10. The van der Waals surface area contributed by atoms with Crippen molar-refractivity contribution in [3.8, 4) is 5.75 Å². The van der Waals surface area contributed by atoms with Crippen molar-refractivity contribution in [2.75, 3.05) is 30.8 Å². The number of rotatable bonds is 11. The van der Waals surface area contributed by atoms with Gasteiger partial charge < -0.3 is 20.7 Å². The van der Waals surface area contributed by atoms with E-state index in [1.807, 2.05) is 24.3 Å². The van der Waals surface area contributed by atoms with Crippen molar-refractivity contribution >= 4 is 56.7 Å². The first-order chi connectivity index (χ1) is 17.9. The van der Waals surface area contributed by atoms with Crippen molar-refractivity contribution in [1.29, 1.82) is 0 Å². The van der Waals surface area contributed by atoms with E-state index in [1.165, 1.54) is 12.3 Å². The molecule has 37 heavy (non-hydrogen) atoms. The Balaban J connectivity index is 1.46. The van der Waals surface area contributed by atoms with Gasteiger partial charge in [0.05, 0.1) is 24.9 Å². The van der Waals surface area contributed by atoms with Gasteiger partial charge in [-0.3, -0.25) is 15.1 Å². The number of carbonyl (C=O) groups is 2. The van der Waals surface area contributed by atoms with Gasteiger partial charge in [-0.25, -0.2) is 9.64 Å². The second-order valence-electron chi connectivity index (χ2n) is 7.90. The Morgan fingerprint density at radius 1 is 1.14 bits per heavy atom. The van der Waals surface area contributed by atoms with Crippen molar-refractivity contribution in [2.45, 2.75) is 18.9 Å². The molecule has 1 heterocycles. The van der Waals surface area contributed by atoms with Crippen molar-refractivity contribution in [3.63, 3.8) is 0 Å². The maximum absolute atomic E-state index is 12.6. The van der Waals surface area contributed by atoms with E-state index in [0.29, 0.717) is 54.0 Å². The molecule has 0 spiro atoms. The van der Waals surface area contributed by atoms with Gasteiger partial charge in [0.1, 0.15) is 11.6 Å². The number of hydrogen-bond donors (Lipinski definition) is 4. The van der Waals surface area contributed by atoms with E-state index in [9.17, 15) is 9.59 Å². The van der Waals surface area contributed by atoms with E-state index in [2.05, 4.69) is 47.0 Å². The van der Waals surface area contributed by atoms with Crippen LogP contribution in [0, 0.1) is 6.57 Å².